The Hall–Kier alpha value is -3.34. The largest absolute Gasteiger partial charge is 0.345 e. The third kappa shape index (κ3) is 6.84. The van der Waals surface area contributed by atoms with Crippen molar-refractivity contribution in [2.75, 3.05) is 6.54 Å². The predicted molar refractivity (Wildman–Crippen MR) is 140 cm³/mol. The van der Waals surface area contributed by atoms with Crippen LogP contribution in [0.15, 0.2) is 72.9 Å². The van der Waals surface area contributed by atoms with Crippen LogP contribution in [0.5, 0.6) is 0 Å². The topological polar surface area (TPSA) is 45.6 Å². The van der Waals surface area contributed by atoms with Crippen LogP contribution in [0.4, 0.5) is 0 Å². The number of rotatable bonds is 12. The van der Waals surface area contributed by atoms with Gasteiger partial charge in [-0.25, -0.2) is 0 Å². The van der Waals surface area contributed by atoms with Gasteiger partial charge in [0.25, 0.3) is 0 Å². The van der Waals surface area contributed by atoms with Gasteiger partial charge in [-0.15, -0.1) is 0 Å². The summed E-state index contributed by atoms with van der Waals surface area (Å²) in [4.78, 5) is 30.2. The summed E-state index contributed by atoms with van der Waals surface area (Å²) in [6.07, 6.45) is 6.47. The van der Waals surface area contributed by atoms with Crippen LogP contribution in [0.3, 0.4) is 0 Å². The summed E-state index contributed by atoms with van der Waals surface area (Å²) in [7, 11) is 0. The molecule has 1 aliphatic rings. The van der Waals surface area contributed by atoms with E-state index in [1.807, 2.05) is 34.1 Å². The molecule has 0 saturated heterocycles. The molecule has 1 fully saturated rings. The lowest BCUT2D eigenvalue weighted by Gasteiger charge is -2.28. The molecule has 1 saturated carbocycles. The quantitative estimate of drug-likeness (QED) is 0.347. The Bertz CT molecular complexity index is 1120. The van der Waals surface area contributed by atoms with Crippen LogP contribution in [0.2, 0.25) is 0 Å². The molecule has 0 unspecified atom stereocenters. The van der Waals surface area contributed by atoms with Crippen LogP contribution >= 0.6 is 0 Å². The Morgan fingerprint density at radius 1 is 0.914 bits per heavy atom. The Kier molecular flexibility index (Phi) is 8.40. The van der Waals surface area contributed by atoms with E-state index in [1.54, 1.807) is 0 Å². The first-order valence-electron chi connectivity index (χ1n) is 12.8. The molecule has 0 bridgehead atoms. The van der Waals surface area contributed by atoms with E-state index in [1.165, 1.54) is 11.1 Å². The van der Waals surface area contributed by atoms with Crippen molar-refractivity contribution in [3.8, 4) is 0 Å². The van der Waals surface area contributed by atoms with Crippen LogP contribution in [0.1, 0.15) is 61.4 Å². The van der Waals surface area contributed by atoms with E-state index >= 15 is 0 Å². The highest BCUT2D eigenvalue weighted by Crippen LogP contribution is 2.28. The number of amides is 2. The first kappa shape index (κ1) is 24.8. The van der Waals surface area contributed by atoms with Crippen LogP contribution < -0.4 is 0 Å². The molecule has 0 N–H and O–H groups in total. The Balaban J connectivity index is 1.52. The molecule has 2 amide bonds. The Morgan fingerprint density at radius 2 is 1.66 bits per heavy atom. The van der Waals surface area contributed by atoms with E-state index in [0.29, 0.717) is 19.5 Å². The van der Waals surface area contributed by atoms with Crippen molar-refractivity contribution in [1.82, 2.24) is 14.4 Å². The number of benzene rings is 2. The van der Waals surface area contributed by atoms with Crippen molar-refractivity contribution >= 4 is 11.8 Å². The van der Waals surface area contributed by atoms with E-state index in [-0.39, 0.29) is 24.4 Å². The van der Waals surface area contributed by atoms with Gasteiger partial charge < -0.3 is 14.4 Å². The summed E-state index contributed by atoms with van der Waals surface area (Å²) in [6, 6.07) is 22.9. The van der Waals surface area contributed by atoms with Gasteiger partial charge in [-0.2, -0.15) is 0 Å². The van der Waals surface area contributed by atoms with E-state index in [0.717, 1.165) is 43.5 Å². The van der Waals surface area contributed by atoms with Gasteiger partial charge in [-0.3, -0.25) is 9.59 Å². The van der Waals surface area contributed by atoms with Crippen molar-refractivity contribution in [2.24, 2.45) is 0 Å². The number of aromatic nitrogens is 1. The molecule has 0 aliphatic heterocycles. The number of nitrogens with zero attached hydrogens (tertiary/aromatic N) is 3. The molecule has 2 aromatic carbocycles. The van der Waals surface area contributed by atoms with Crippen molar-refractivity contribution in [3.63, 3.8) is 0 Å². The summed E-state index contributed by atoms with van der Waals surface area (Å²) in [5.74, 6) is 0.125. The maximum absolute atomic E-state index is 13.6. The zero-order chi connectivity index (χ0) is 24.6. The minimum Gasteiger partial charge on any atom is -0.345 e. The summed E-state index contributed by atoms with van der Waals surface area (Å²) in [5, 5.41) is 0. The van der Waals surface area contributed by atoms with Crippen LogP contribution in [-0.4, -0.2) is 38.8 Å². The number of hydrogen-bond donors (Lipinski definition) is 0. The first-order valence-corrected chi connectivity index (χ1v) is 12.8. The summed E-state index contributed by atoms with van der Waals surface area (Å²) in [5.41, 5.74) is 4.71. The lowest BCUT2D eigenvalue weighted by molar-refractivity contribution is -0.141. The second-order valence-electron chi connectivity index (χ2n) is 9.65. The molecular weight excluding hydrogens is 434 g/mol. The summed E-state index contributed by atoms with van der Waals surface area (Å²) >= 11 is 0. The third-order valence-electron chi connectivity index (χ3n) is 6.81. The summed E-state index contributed by atoms with van der Waals surface area (Å²) < 4.78 is 2.22. The zero-order valence-corrected chi connectivity index (χ0v) is 21.0. The van der Waals surface area contributed by atoms with Crippen LogP contribution in [0, 0.1) is 6.92 Å². The van der Waals surface area contributed by atoms with Crippen molar-refractivity contribution in [1.29, 1.82) is 0 Å². The molecule has 35 heavy (non-hydrogen) atoms. The monoisotopic (exact) mass is 471 g/mol. The molecular formula is C30H37N3O2. The van der Waals surface area contributed by atoms with Gasteiger partial charge in [0.15, 0.2) is 0 Å². The normalized spacial score (nSPS) is 13.0. The maximum Gasteiger partial charge on any atom is 0.242 e. The lowest BCUT2D eigenvalue weighted by atomic mass is 10.1. The molecule has 0 radical (unpaired) electrons. The third-order valence-corrected chi connectivity index (χ3v) is 6.81. The molecule has 4 rings (SSSR count). The highest BCUT2D eigenvalue weighted by atomic mass is 16.2. The number of unbranched alkanes of at least 4 members (excludes halogenated alkanes) is 1. The molecule has 1 aromatic heterocycles. The maximum atomic E-state index is 13.6. The first-order chi connectivity index (χ1) is 17.0. The van der Waals surface area contributed by atoms with Crippen LogP contribution in [-0.2, 0) is 29.2 Å². The molecule has 5 nitrogen and oxygen atoms in total. The van der Waals surface area contributed by atoms with Gasteiger partial charge >= 0.3 is 0 Å². The van der Waals surface area contributed by atoms with Gasteiger partial charge in [-0.05, 0) is 55.0 Å². The SMILES string of the molecule is CCCCC(=O)N(CC(=O)N(Cc1ccccc1)Cc1cccn1Cc1ccccc1C)C1CC1. The van der Waals surface area contributed by atoms with E-state index in [2.05, 4.69) is 67.1 Å². The fourth-order valence-electron chi connectivity index (χ4n) is 4.47. The predicted octanol–water partition coefficient (Wildman–Crippen LogP) is 5.55. The van der Waals surface area contributed by atoms with Crippen LogP contribution in [0.25, 0.3) is 0 Å². The molecule has 1 aliphatic carbocycles. The van der Waals surface area contributed by atoms with Gasteiger partial charge in [-0.1, -0.05) is 67.9 Å². The van der Waals surface area contributed by atoms with Gasteiger partial charge in [0.05, 0.1) is 6.54 Å². The standard InChI is InChI=1S/C30H37N3O2/c1-3-4-16-29(34)33(27-17-18-27)23-30(35)32(20-25-12-6-5-7-13-25)22-28-15-10-19-31(28)21-26-14-9-8-11-24(26)2/h5-15,19,27H,3-4,16-18,20-23H2,1-2H3. The highest BCUT2D eigenvalue weighted by molar-refractivity contribution is 5.85. The van der Waals surface area contributed by atoms with Gasteiger partial charge in [0.2, 0.25) is 11.8 Å². The molecule has 1 heterocycles. The van der Waals surface area contributed by atoms with Gasteiger partial charge in [0, 0.05) is 37.4 Å². The number of aryl methyl sites for hydroxylation is 1. The summed E-state index contributed by atoms with van der Waals surface area (Å²) in [6.45, 7) is 6.19. The van der Waals surface area contributed by atoms with Crippen molar-refractivity contribution in [2.45, 2.75) is 71.6 Å². The smallest absolute Gasteiger partial charge is 0.242 e. The fraction of sp³-hybridized carbons (Fsp3) is 0.400. The second kappa shape index (κ2) is 11.9. The molecule has 3 aromatic rings. The van der Waals surface area contributed by atoms with E-state index in [4.69, 9.17) is 0 Å². The minimum absolute atomic E-state index is 0.00856. The van der Waals surface area contributed by atoms with Gasteiger partial charge in [0.1, 0.15) is 6.54 Å². The van der Waals surface area contributed by atoms with Crippen molar-refractivity contribution < 1.29 is 9.59 Å². The molecule has 5 heteroatoms. The second-order valence-corrected chi connectivity index (χ2v) is 9.65. The fourth-order valence-corrected chi connectivity index (χ4v) is 4.47. The Morgan fingerprint density at radius 3 is 2.37 bits per heavy atom. The molecule has 0 spiro atoms. The zero-order valence-electron chi connectivity index (χ0n) is 21.0. The molecule has 0 atom stereocenters. The average Bonchev–Trinajstić information content (AvgIpc) is 3.62. The Labute approximate surface area is 209 Å². The van der Waals surface area contributed by atoms with E-state index in [9.17, 15) is 9.59 Å². The number of carbonyl (C=O) groups excluding carboxylic acids is 2. The highest BCUT2D eigenvalue weighted by Gasteiger charge is 2.34. The number of carbonyl (C=O) groups is 2. The minimum atomic E-state index is 0.00856. The average molecular weight is 472 g/mol. The van der Waals surface area contributed by atoms with Crippen molar-refractivity contribution in [3.05, 3.63) is 95.3 Å². The lowest BCUT2D eigenvalue weighted by Crippen LogP contribution is -2.43. The number of hydrogen-bond acceptors (Lipinski definition) is 2. The molecule has 184 valence electrons. The van der Waals surface area contributed by atoms with E-state index < -0.39 is 0 Å².